The number of aliphatic hydroxyl groups excluding tert-OH is 2. The van der Waals surface area contributed by atoms with E-state index in [1.165, 1.54) is 18.9 Å². The van der Waals surface area contributed by atoms with Crippen molar-refractivity contribution in [1.82, 2.24) is 10.4 Å². The van der Waals surface area contributed by atoms with E-state index in [2.05, 4.69) is 5.48 Å². The van der Waals surface area contributed by atoms with E-state index in [-0.39, 0.29) is 12.2 Å². The zero-order chi connectivity index (χ0) is 28.1. The molecule has 0 unspecified atom stereocenters. The highest BCUT2D eigenvalue weighted by Gasteiger charge is 2.47. The Morgan fingerprint density at radius 1 is 1.08 bits per heavy atom. The van der Waals surface area contributed by atoms with E-state index in [1.807, 2.05) is 0 Å². The van der Waals surface area contributed by atoms with Gasteiger partial charge in [-0.05, 0) is 53.9 Å². The molecule has 9 nitrogen and oxygen atoms in total. The number of nitrogens with one attached hydrogen (secondary N) is 1. The average Bonchev–Trinajstić information content (AvgIpc) is 2.94. The molecule has 0 saturated heterocycles. The van der Waals surface area contributed by atoms with Crippen LogP contribution in [0.4, 0.5) is 0 Å². The quantitative estimate of drug-likeness (QED) is 0.274. The number of carbonyl (C=O) groups excluding carboxylic acids is 3. The van der Waals surface area contributed by atoms with Crippen LogP contribution in [0, 0.1) is 0 Å². The van der Waals surface area contributed by atoms with Gasteiger partial charge in [0.1, 0.15) is 0 Å². The first kappa shape index (κ1) is 28.3. The van der Waals surface area contributed by atoms with Gasteiger partial charge in [0.15, 0.2) is 0 Å². The van der Waals surface area contributed by atoms with Gasteiger partial charge in [-0.15, -0.1) is 0 Å². The minimum Gasteiger partial charge on any atom is -0.465 e. The minimum atomic E-state index is -1.08. The molecular weight excluding hydrogens is 524 g/mol. The van der Waals surface area contributed by atoms with Crippen LogP contribution in [0.2, 0.25) is 5.02 Å². The molecule has 0 spiro atoms. The highest BCUT2D eigenvalue weighted by atomic mass is 35.5. The molecule has 1 aliphatic rings. The first-order valence-corrected chi connectivity index (χ1v) is 12.7. The first-order valence-electron chi connectivity index (χ1n) is 12.3. The minimum absolute atomic E-state index is 0.0356. The number of ether oxygens (including phenoxy) is 1. The monoisotopic (exact) mass is 552 g/mol. The standard InChI is InChI=1S/C29H29ClN2O7/c1-17(34)24(15-33)32-26(19-10-12-21(30)13-11-19)25(22-8-3-4-9-23(22)28(32)36)27(35)31-39-16-18-6-5-7-20(14-18)29(37)38-2/h3-14,17,24-26,33-34H,15-16H2,1-2H3,(H,31,35)/t17-,24-,25-,26+/m0/s1. The van der Waals surface area contributed by atoms with Gasteiger partial charge in [-0.3, -0.25) is 14.4 Å². The van der Waals surface area contributed by atoms with Gasteiger partial charge in [-0.1, -0.05) is 54.1 Å². The van der Waals surface area contributed by atoms with Crippen molar-refractivity contribution in [3.8, 4) is 0 Å². The molecule has 0 aromatic heterocycles. The maximum atomic E-state index is 13.8. The summed E-state index contributed by atoms with van der Waals surface area (Å²) in [5, 5.41) is 21.1. The number of hydrogen-bond acceptors (Lipinski definition) is 7. The maximum Gasteiger partial charge on any atom is 0.337 e. The molecule has 0 aliphatic carbocycles. The van der Waals surface area contributed by atoms with Crippen molar-refractivity contribution in [2.75, 3.05) is 13.7 Å². The Morgan fingerprint density at radius 2 is 1.79 bits per heavy atom. The number of hydrogen-bond donors (Lipinski definition) is 3. The lowest BCUT2D eigenvalue weighted by molar-refractivity contribution is -0.138. The van der Waals surface area contributed by atoms with Gasteiger partial charge in [0, 0.05) is 10.6 Å². The number of fused-ring (bicyclic) bond motifs is 1. The van der Waals surface area contributed by atoms with Crippen LogP contribution in [0.15, 0.2) is 72.8 Å². The van der Waals surface area contributed by atoms with Crippen molar-refractivity contribution in [2.24, 2.45) is 0 Å². The van der Waals surface area contributed by atoms with Crippen LogP contribution >= 0.6 is 11.6 Å². The number of halogens is 1. The molecule has 204 valence electrons. The lowest BCUT2D eigenvalue weighted by atomic mass is 9.78. The number of amides is 2. The summed E-state index contributed by atoms with van der Waals surface area (Å²) >= 11 is 6.11. The maximum absolute atomic E-state index is 13.8. The third-order valence-electron chi connectivity index (χ3n) is 6.73. The van der Waals surface area contributed by atoms with E-state index < -0.39 is 48.5 Å². The summed E-state index contributed by atoms with van der Waals surface area (Å²) in [5.74, 6) is -2.40. The Balaban J connectivity index is 1.70. The summed E-state index contributed by atoms with van der Waals surface area (Å²) in [4.78, 5) is 46.2. The Morgan fingerprint density at radius 3 is 2.46 bits per heavy atom. The zero-order valence-electron chi connectivity index (χ0n) is 21.4. The second-order valence-electron chi connectivity index (χ2n) is 9.21. The fourth-order valence-electron chi connectivity index (χ4n) is 4.85. The Labute approximate surface area is 230 Å². The molecule has 1 heterocycles. The number of hydroxylamine groups is 1. The summed E-state index contributed by atoms with van der Waals surface area (Å²) in [6.07, 6.45) is -1.08. The third-order valence-corrected chi connectivity index (χ3v) is 6.98. The Bertz CT molecular complexity index is 1350. The zero-order valence-corrected chi connectivity index (χ0v) is 22.2. The number of carbonyl (C=O) groups is 3. The lowest BCUT2D eigenvalue weighted by Gasteiger charge is -2.45. The van der Waals surface area contributed by atoms with Crippen LogP contribution in [-0.2, 0) is 21.0 Å². The fourth-order valence-corrected chi connectivity index (χ4v) is 4.97. The largest absolute Gasteiger partial charge is 0.465 e. The van der Waals surface area contributed by atoms with Crippen LogP contribution in [0.5, 0.6) is 0 Å². The summed E-state index contributed by atoms with van der Waals surface area (Å²) in [5.41, 5.74) is 4.82. The van der Waals surface area contributed by atoms with Crippen molar-refractivity contribution in [1.29, 1.82) is 0 Å². The fraction of sp³-hybridized carbons (Fsp3) is 0.276. The molecule has 39 heavy (non-hydrogen) atoms. The van der Waals surface area contributed by atoms with E-state index in [0.717, 1.165) is 0 Å². The molecule has 4 rings (SSSR count). The molecule has 0 fully saturated rings. The molecule has 3 N–H and O–H groups in total. The molecule has 0 radical (unpaired) electrons. The SMILES string of the molecule is COC(=O)c1cccc(CONC(=O)[C@H]2c3ccccc3C(=O)N([C@@H](CO)[C@H](C)O)[C@@H]2c2ccc(Cl)cc2)c1. The number of methoxy groups -OCH3 is 1. The topological polar surface area (TPSA) is 125 Å². The number of benzene rings is 3. The van der Waals surface area contributed by atoms with Gasteiger partial charge >= 0.3 is 5.97 Å². The molecule has 1 aliphatic heterocycles. The molecule has 3 aromatic rings. The number of rotatable bonds is 9. The van der Waals surface area contributed by atoms with Crippen LogP contribution in [-0.4, -0.2) is 58.8 Å². The number of aliphatic hydroxyl groups is 2. The van der Waals surface area contributed by atoms with Crippen molar-refractivity contribution >= 4 is 29.4 Å². The Hall–Kier alpha value is -3.76. The van der Waals surface area contributed by atoms with Crippen LogP contribution in [0.25, 0.3) is 0 Å². The molecule has 10 heteroatoms. The van der Waals surface area contributed by atoms with Gasteiger partial charge in [0.05, 0.1) is 50.0 Å². The van der Waals surface area contributed by atoms with Gasteiger partial charge in [0.2, 0.25) is 0 Å². The second-order valence-corrected chi connectivity index (χ2v) is 9.65. The Kier molecular flexibility index (Phi) is 8.98. The van der Waals surface area contributed by atoms with E-state index in [1.54, 1.807) is 72.8 Å². The van der Waals surface area contributed by atoms with E-state index >= 15 is 0 Å². The van der Waals surface area contributed by atoms with E-state index in [9.17, 15) is 24.6 Å². The van der Waals surface area contributed by atoms with Crippen molar-refractivity contribution in [2.45, 2.75) is 37.6 Å². The van der Waals surface area contributed by atoms with Crippen LogP contribution in [0.1, 0.15) is 56.3 Å². The van der Waals surface area contributed by atoms with Crippen LogP contribution in [0.3, 0.4) is 0 Å². The van der Waals surface area contributed by atoms with Crippen molar-refractivity contribution < 1.29 is 34.2 Å². The first-order chi connectivity index (χ1) is 18.8. The van der Waals surface area contributed by atoms with Gasteiger partial charge in [0.25, 0.3) is 11.8 Å². The number of esters is 1. The molecule has 0 saturated carbocycles. The second kappa shape index (κ2) is 12.4. The predicted molar refractivity (Wildman–Crippen MR) is 143 cm³/mol. The van der Waals surface area contributed by atoms with E-state index in [0.29, 0.717) is 27.3 Å². The van der Waals surface area contributed by atoms with Gasteiger partial charge in [-0.25, -0.2) is 10.3 Å². The normalized spacial score (nSPS) is 18.2. The molecule has 3 aromatic carbocycles. The molecular formula is C29H29ClN2O7. The van der Waals surface area contributed by atoms with Crippen molar-refractivity contribution in [3.05, 3.63) is 106 Å². The average molecular weight is 553 g/mol. The third kappa shape index (κ3) is 5.97. The summed E-state index contributed by atoms with van der Waals surface area (Å²) in [6.45, 7) is 0.928. The van der Waals surface area contributed by atoms with Crippen LogP contribution < -0.4 is 5.48 Å². The summed E-state index contributed by atoms with van der Waals surface area (Å²) in [6, 6.07) is 18.2. The smallest absolute Gasteiger partial charge is 0.337 e. The van der Waals surface area contributed by atoms with Gasteiger partial charge in [-0.2, -0.15) is 0 Å². The molecule has 2 amide bonds. The molecule has 0 bridgehead atoms. The molecule has 4 atom stereocenters. The van der Waals surface area contributed by atoms with E-state index in [4.69, 9.17) is 21.2 Å². The number of nitrogens with zero attached hydrogens (tertiary/aromatic N) is 1. The van der Waals surface area contributed by atoms with Crippen molar-refractivity contribution in [3.63, 3.8) is 0 Å². The highest BCUT2D eigenvalue weighted by Crippen LogP contribution is 2.44. The highest BCUT2D eigenvalue weighted by molar-refractivity contribution is 6.30. The lowest BCUT2D eigenvalue weighted by Crippen LogP contribution is -2.55. The summed E-state index contributed by atoms with van der Waals surface area (Å²) < 4.78 is 4.75. The summed E-state index contributed by atoms with van der Waals surface area (Å²) in [7, 11) is 1.29. The van der Waals surface area contributed by atoms with Gasteiger partial charge < -0.3 is 19.8 Å². The predicted octanol–water partition coefficient (Wildman–Crippen LogP) is 3.40.